The van der Waals surface area contributed by atoms with E-state index in [2.05, 4.69) is 59.1 Å². The van der Waals surface area contributed by atoms with Crippen LogP contribution in [0.5, 0.6) is 0 Å². The van der Waals surface area contributed by atoms with Crippen LogP contribution in [0.2, 0.25) is 0 Å². The third-order valence-electron chi connectivity index (χ3n) is 2.78. The van der Waals surface area contributed by atoms with Crippen molar-refractivity contribution in [3.8, 4) is 0 Å². The average molecular weight is 216 g/mol. The molecule has 1 aliphatic rings. The SMILES string of the molecule is CN1SN(C)c2cccc3cccc1c23. The van der Waals surface area contributed by atoms with E-state index in [4.69, 9.17) is 0 Å². The number of benzene rings is 2. The topological polar surface area (TPSA) is 6.48 Å². The van der Waals surface area contributed by atoms with Crippen molar-refractivity contribution in [2.75, 3.05) is 22.7 Å². The van der Waals surface area contributed by atoms with Gasteiger partial charge in [0.05, 0.1) is 23.5 Å². The molecule has 2 aromatic carbocycles. The van der Waals surface area contributed by atoms with Crippen LogP contribution in [0.25, 0.3) is 10.8 Å². The number of nitrogens with zero attached hydrogens (tertiary/aromatic N) is 2. The third kappa shape index (κ3) is 1.20. The molecule has 0 radical (unpaired) electrons. The largest absolute Gasteiger partial charge is 0.301 e. The highest BCUT2D eigenvalue weighted by Gasteiger charge is 2.19. The fourth-order valence-corrected chi connectivity index (χ4v) is 2.95. The lowest BCUT2D eigenvalue weighted by molar-refractivity contribution is 1.29. The molecule has 3 heteroatoms. The Hall–Kier alpha value is -1.35. The molecular formula is C12H12N2S. The predicted molar refractivity (Wildman–Crippen MR) is 68.3 cm³/mol. The van der Waals surface area contributed by atoms with E-state index >= 15 is 0 Å². The smallest absolute Gasteiger partial charge is 0.0708 e. The molecule has 0 aromatic heterocycles. The molecule has 1 heterocycles. The first kappa shape index (κ1) is 8.92. The van der Waals surface area contributed by atoms with Gasteiger partial charge in [-0.05, 0) is 17.5 Å². The van der Waals surface area contributed by atoms with Crippen LogP contribution >= 0.6 is 12.1 Å². The summed E-state index contributed by atoms with van der Waals surface area (Å²) in [7, 11) is 4.21. The molecule has 0 spiro atoms. The normalized spacial score (nSPS) is 14.8. The number of anilines is 2. The predicted octanol–water partition coefficient (Wildman–Crippen LogP) is 3.29. The summed E-state index contributed by atoms with van der Waals surface area (Å²) in [6.07, 6.45) is 0. The fourth-order valence-electron chi connectivity index (χ4n) is 2.10. The van der Waals surface area contributed by atoms with Gasteiger partial charge < -0.3 is 8.61 Å². The van der Waals surface area contributed by atoms with Gasteiger partial charge in [-0.3, -0.25) is 0 Å². The Morgan fingerprint density at radius 1 is 0.867 bits per heavy atom. The van der Waals surface area contributed by atoms with Gasteiger partial charge in [0.15, 0.2) is 0 Å². The quantitative estimate of drug-likeness (QED) is 0.624. The van der Waals surface area contributed by atoms with E-state index in [0.717, 1.165) is 0 Å². The van der Waals surface area contributed by atoms with Gasteiger partial charge in [0.1, 0.15) is 0 Å². The van der Waals surface area contributed by atoms with Gasteiger partial charge in [0, 0.05) is 19.5 Å². The van der Waals surface area contributed by atoms with Gasteiger partial charge in [-0.1, -0.05) is 24.3 Å². The lowest BCUT2D eigenvalue weighted by atomic mass is 10.1. The molecule has 0 unspecified atom stereocenters. The number of hydrogen-bond acceptors (Lipinski definition) is 3. The molecule has 0 bridgehead atoms. The molecule has 3 rings (SSSR count). The van der Waals surface area contributed by atoms with E-state index in [9.17, 15) is 0 Å². The highest BCUT2D eigenvalue weighted by atomic mass is 32.2. The van der Waals surface area contributed by atoms with Crippen LogP contribution in [-0.4, -0.2) is 14.1 Å². The van der Waals surface area contributed by atoms with Gasteiger partial charge >= 0.3 is 0 Å². The standard InChI is InChI=1S/C12H12N2S/c1-13-10-7-3-5-9-6-4-8-11(12(9)10)14(2)15-13/h3-8H,1-2H3. The second-order valence-corrected chi connectivity index (χ2v) is 4.99. The van der Waals surface area contributed by atoms with E-state index in [1.807, 2.05) is 0 Å². The Bertz CT molecular complexity index is 481. The van der Waals surface area contributed by atoms with Crippen LogP contribution < -0.4 is 8.61 Å². The van der Waals surface area contributed by atoms with Crippen LogP contribution in [0, 0.1) is 0 Å². The molecule has 2 aromatic rings. The minimum Gasteiger partial charge on any atom is -0.301 e. The summed E-state index contributed by atoms with van der Waals surface area (Å²) in [5.41, 5.74) is 2.59. The molecule has 0 fully saturated rings. The molecular weight excluding hydrogens is 204 g/mol. The Balaban J connectivity index is 2.45. The van der Waals surface area contributed by atoms with Gasteiger partial charge in [-0.2, -0.15) is 0 Å². The monoisotopic (exact) mass is 216 g/mol. The van der Waals surface area contributed by atoms with Gasteiger partial charge in [-0.25, -0.2) is 0 Å². The van der Waals surface area contributed by atoms with Crippen molar-refractivity contribution in [3.63, 3.8) is 0 Å². The Labute approximate surface area is 93.8 Å². The molecule has 0 N–H and O–H groups in total. The third-order valence-corrected chi connectivity index (χ3v) is 3.67. The molecule has 0 saturated carbocycles. The summed E-state index contributed by atoms with van der Waals surface area (Å²) < 4.78 is 4.41. The molecule has 1 aliphatic heterocycles. The second-order valence-electron chi connectivity index (χ2n) is 3.73. The lowest BCUT2D eigenvalue weighted by Gasteiger charge is -2.32. The van der Waals surface area contributed by atoms with Crippen molar-refractivity contribution < 1.29 is 0 Å². The van der Waals surface area contributed by atoms with Crippen molar-refractivity contribution in [1.82, 2.24) is 0 Å². The minimum atomic E-state index is 1.30. The van der Waals surface area contributed by atoms with E-state index in [1.54, 1.807) is 12.1 Å². The Morgan fingerprint density at radius 3 is 1.93 bits per heavy atom. The maximum atomic E-state index is 2.20. The summed E-state index contributed by atoms with van der Waals surface area (Å²) in [5.74, 6) is 0. The fraction of sp³-hybridized carbons (Fsp3) is 0.167. The zero-order valence-electron chi connectivity index (χ0n) is 8.77. The summed E-state index contributed by atoms with van der Waals surface area (Å²) in [6, 6.07) is 12.9. The van der Waals surface area contributed by atoms with Gasteiger partial charge in [0.25, 0.3) is 0 Å². The molecule has 0 atom stereocenters. The molecule has 15 heavy (non-hydrogen) atoms. The van der Waals surface area contributed by atoms with Crippen LogP contribution in [-0.2, 0) is 0 Å². The van der Waals surface area contributed by atoms with Crippen molar-refractivity contribution in [1.29, 1.82) is 0 Å². The first-order chi connectivity index (χ1) is 7.27. The summed E-state index contributed by atoms with van der Waals surface area (Å²) >= 11 is 1.72. The van der Waals surface area contributed by atoms with E-state index in [0.29, 0.717) is 0 Å². The van der Waals surface area contributed by atoms with Gasteiger partial charge in [0.2, 0.25) is 0 Å². The maximum absolute atomic E-state index is 2.20. The van der Waals surface area contributed by atoms with E-state index in [1.165, 1.54) is 22.1 Å². The Kier molecular flexibility index (Phi) is 1.83. The highest BCUT2D eigenvalue weighted by Crippen LogP contribution is 2.43. The first-order valence-electron chi connectivity index (χ1n) is 4.94. The molecule has 0 amide bonds. The summed E-state index contributed by atoms with van der Waals surface area (Å²) in [5, 5.41) is 2.66. The van der Waals surface area contributed by atoms with Crippen molar-refractivity contribution in [3.05, 3.63) is 36.4 Å². The molecule has 0 saturated heterocycles. The summed E-state index contributed by atoms with van der Waals surface area (Å²) in [4.78, 5) is 0. The van der Waals surface area contributed by atoms with Crippen LogP contribution in [0.1, 0.15) is 0 Å². The molecule has 2 nitrogen and oxygen atoms in total. The first-order valence-corrected chi connectivity index (χ1v) is 5.68. The van der Waals surface area contributed by atoms with Crippen molar-refractivity contribution in [2.45, 2.75) is 0 Å². The number of hydrogen-bond donors (Lipinski definition) is 0. The number of rotatable bonds is 0. The molecule has 76 valence electrons. The summed E-state index contributed by atoms with van der Waals surface area (Å²) in [6.45, 7) is 0. The maximum Gasteiger partial charge on any atom is 0.0708 e. The van der Waals surface area contributed by atoms with E-state index in [-0.39, 0.29) is 0 Å². The minimum absolute atomic E-state index is 1.30. The zero-order chi connectivity index (χ0) is 10.4. The Morgan fingerprint density at radius 2 is 1.40 bits per heavy atom. The van der Waals surface area contributed by atoms with Crippen molar-refractivity contribution >= 4 is 34.3 Å². The van der Waals surface area contributed by atoms with Crippen LogP contribution in [0.4, 0.5) is 11.4 Å². The van der Waals surface area contributed by atoms with E-state index < -0.39 is 0 Å². The van der Waals surface area contributed by atoms with Crippen molar-refractivity contribution in [2.24, 2.45) is 0 Å². The zero-order valence-corrected chi connectivity index (χ0v) is 9.58. The van der Waals surface area contributed by atoms with Crippen LogP contribution in [0.3, 0.4) is 0 Å². The lowest BCUT2D eigenvalue weighted by Crippen LogP contribution is -2.22. The van der Waals surface area contributed by atoms with Gasteiger partial charge in [-0.15, -0.1) is 0 Å². The average Bonchev–Trinajstić information content (AvgIpc) is 2.25. The molecule has 0 aliphatic carbocycles. The highest BCUT2D eigenvalue weighted by molar-refractivity contribution is 8.02. The second kappa shape index (κ2) is 3.07. The van der Waals surface area contributed by atoms with Crippen LogP contribution in [0.15, 0.2) is 36.4 Å².